The number of rotatable bonds is 9. The zero-order chi connectivity index (χ0) is 18.1. The number of sulfonamides is 1. The van der Waals surface area contributed by atoms with Crippen molar-refractivity contribution in [1.82, 2.24) is 10.0 Å². The Kier molecular flexibility index (Phi) is 7.49. The molecule has 0 saturated heterocycles. The molecule has 2 rings (SSSR count). The normalized spacial score (nSPS) is 11.2. The molecule has 2 N–H and O–H groups in total. The van der Waals surface area contributed by atoms with Gasteiger partial charge in [0.2, 0.25) is 15.9 Å². The summed E-state index contributed by atoms with van der Waals surface area (Å²) in [5, 5.41) is 2.88. The van der Waals surface area contributed by atoms with Crippen LogP contribution >= 0.6 is 11.8 Å². The molecule has 0 atom stereocenters. The Bertz CT molecular complexity index is 776. The molecule has 0 aliphatic heterocycles. The number of hydrogen-bond acceptors (Lipinski definition) is 4. The highest BCUT2D eigenvalue weighted by Crippen LogP contribution is 2.17. The van der Waals surface area contributed by atoms with E-state index in [4.69, 9.17) is 0 Å². The van der Waals surface area contributed by atoms with Crippen LogP contribution in [0.1, 0.15) is 17.5 Å². The van der Waals surface area contributed by atoms with Crippen LogP contribution in [0.2, 0.25) is 0 Å². The summed E-state index contributed by atoms with van der Waals surface area (Å²) >= 11 is 1.66. The predicted octanol–water partition coefficient (Wildman–Crippen LogP) is 2.53. The molecule has 0 spiro atoms. The SMILES string of the molecule is CNS(=O)(=O)Cc1ccc(CNC(=O)CCSc2ccccc2)cc1. The summed E-state index contributed by atoms with van der Waals surface area (Å²) in [5.74, 6) is 0.689. The van der Waals surface area contributed by atoms with Gasteiger partial charge < -0.3 is 5.32 Å². The fourth-order valence-corrected chi connectivity index (χ4v) is 3.76. The molecule has 5 nitrogen and oxygen atoms in total. The van der Waals surface area contributed by atoms with Gasteiger partial charge in [0.25, 0.3) is 0 Å². The number of benzene rings is 2. The van der Waals surface area contributed by atoms with Crippen molar-refractivity contribution in [2.24, 2.45) is 0 Å². The maximum atomic E-state index is 11.9. The van der Waals surface area contributed by atoms with Crippen molar-refractivity contribution in [1.29, 1.82) is 0 Å². The molecule has 0 unspecified atom stereocenters. The van der Waals surface area contributed by atoms with E-state index in [-0.39, 0.29) is 11.7 Å². The van der Waals surface area contributed by atoms with Gasteiger partial charge in [0.05, 0.1) is 5.75 Å². The van der Waals surface area contributed by atoms with E-state index >= 15 is 0 Å². The molecule has 0 bridgehead atoms. The van der Waals surface area contributed by atoms with Gasteiger partial charge >= 0.3 is 0 Å². The standard InChI is InChI=1S/C18H22N2O3S2/c1-19-25(22,23)14-16-9-7-15(8-10-16)13-20-18(21)11-12-24-17-5-3-2-4-6-17/h2-10,19H,11-14H2,1H3,(H,20,21). The Morgan fingerprint density at radius 3 is 2.28 bits per heavy atom. The van der Waals surface area contributed by atoms with Crippen molar-refractivity contribution >= 4 is 27.7 Å². The number of thioether (sulfide) groups is 1. The van der Waals surface area contributed by atoms with Gasteiger partial charge in [-0.3, -0.25) is 4.79 Å². The van der Waals surface area contributed by atoms with Crippen LogP contribution in [0.4, 0.5) is 0 Å². The number of nitrogens with one attached hydrogen (secondary N) is 2. The lowest BCUT2D eigenvalue weighted by molar-refractivity contribution is -0.120. The second-order valence-electron chi connectivity index (χ2n) is 5.47. The molecule has 0 radical (unpaired) electrons. The summed E-state index contributed by atoms with van der Waals surface area (Å²) in [6.45, 7) is 0.438. The van der Waals surface area contributed by atoms with Crippen molar-refractivity contribution in [3.8, 4) is 0 Å². The highest BCUT2D eigenvalue weighted by Gasteiger charge is 2.08. The van der Waals surface area contributed by atoms with E-state index in [0.717, 1.165) is 16.2 Å². The molecule has 0 heterocycles. The van der Waals surface area contributed by atoms with Gasteiger partial charge in [-0.25, -0.2) is 13.1 Å². The zero-order valence-corrected chi connectivity index (χ0v) is 15.7. The molecule has 0 aliphatic rings. The van der Waals surface area contributed by atoms with E-state index in [1.165, 1.54) is 7.05 Å². The van der Waals surface area contributed by atoms with Gasteiger partial charge in [0.15, 0.2) is 0 Å². The quantitative estimate of drug-likeness (QED) is 0.658. The first kappa shape index (κ1) is 19.5. The van der Waals surface area contributed by atoms with Gasteiger partial charge in [-0.05, 0) is 30.3 Å². The van der Waals surface area contributed by atoms with Gasteiger partial charge in [-0.15, -0.1) is 11.8 Å². The van der Waals surface area contributed by atoms with Crippen LogP contribution in [0.15, 0.2) is 59.5 Å². The second kappa shape index (κ2) is 9.60. The lowest BCUT2D eigenvalue weighted by Gasteiger charge is -2.07. The maximum absolute atomic E-state index is 11.9. The van der Waals surface area contributed by atoms with E-state index in [9.17, 15) is 13.2 Å². The minimum atomic E-state index is -3.27. The van der Waals surface area contributed by atoms with Gasteiger partial charge in [-0.1, -0.05) is 42.5 Å². The Morgan fingerprint density at radius 1 is 1.00 bits per heavy atom. The fourth-order valence-electron chi connectivity index (χ4n) is 2.11. The van der Waals surface area contributed by atoms with E-state index in [0.29, 0.717) is 18.5 Å². The van der Waals surface area contributed by atoms with Crippen LogP contribution in [-0.2, 0) is 27.1 Å². The van der Waals surface area contributed by atoms with Crippen molar-refractivity contribution in [2.45, 2.75) is 23.6 Å². The van der Waals surface area contributed by atoms with Gasteiger partial charge in [-0.2, -0.15) is 0 Å². The molecular formula is C18H22N2O3S2. The van der Waals surface area contributed by atoms with E-state index in [2.05, 4.69) is 10.0 Å². The summed E-state index contributed by atoms with van der Waals surface area (Å²) in [4.78, 5) is 13.0. The van der Waals surface area contributed by atoms with Crippen molar-refractivity contribution < 1.29 is 13.2 Å². The van der Waals surface area contributed by atoms with Gasteiger partial charge in [0, 0.05) is 23.6 Å². The molecule has 0 aliphatic carbocycles. The number of carbonyl (C=O) groups excluding carboxylic acids is 1. The molecule has 0 fully saturated rings. The van der Waals surface area contributed by atoms with Crippen LogP contribution in [0.25, 0.3) is 0 Å². The topological polar surface area (TPSA) is 75.3 Å². The Labute approximate surface area is 153 Å². The predicted molar refractivity (Wildman–Crippen MR) is 102 cm³/mol. The molecule has 0 aromatic heterocycles. The summed E-state index contributed by atoms with van der Waals surface area (Å²) in [5.41, 5.74) is 1.65. The third kappa shape index (κ3) is 7.29. The van der Waals surface area contributed by atoms with Gasteiger partial charge in [0.1, 0.15) is 0 Å². The Morgan fingerprint density at radius 2 is 1.64 bits per heavy atom. The lowest BCUT2D eigenvalue weighted by Crippen LogP contribution is -2.23. The monoisotopic (exact) mass is 378 g/mol. The minimum absolute atomic E-state index is 0.00488. The molecule has 1 amide bonds. The summed E-state index contributed by atoms with van der Waals surface area (Å²) < 4.78 is 25.3. The Balaban J connectivity index is 1.72. The minimum Gasteiger partial charge on any atom is -0.352 e. The van der Waals surface area contributed by atoms with Crippen molar-refractivity contribution in [3.05, 3.63) is 65.7 Å². The Hall–Kier alpha value is -1.83. The third-order valence-electron chi connectivity index (χ3n) is 3.52. The average molecular weight is 379 g/mol. The molecule has 0 saturated carbocycles. The second-order valence-corrected chi connectivity index (χ2v) is 8.56. The fraction of sp³-hybridized carbons (Fsp3) is 0.278. The lowest BCUT2D eigenvalue weighted by atomic mass is 10.1. The van der Waals surface area contributed by atoms with Crippen LogP contribution in [-0.4, -0.2) is 27.1 Å². The third-order valence-corrected chi connectivity index (χ3v) is 5.87. The number of hydrogen-bond donors (Lipinski definition) is 2. The van der Waals surface area contributed by atoms with Crippen LogP contribution in [0, 0.1) is 0 Å². The molecule has 134 valence electrons. The first-order valence-electron chi connectivity index (χ1n) is 7.92. The summed E-state index contributed by atoms with van der Waals surface area (Å²) in [6.07, 6.45) is 0.456. The molecule has 2 aromatic rings. The zero-order valence-electron chi connectivity index (χ0n) is 14.1. The first-order chi connectivity index (χ1) is 12.0. The molecular weight excluding hydrogens is 356 g/mol. The van der Waals surface area contributed by atoms with Crippen LogP contribution < -0.4 is 10.0 Å². The maximum Gasteiger partial charge on any atom is 0.221 e. The highest BCUT2D eigenvalue weighted by atomic mass is 32.2. The van der Waals surface area contributed by atoms with Crippen LogP contribution in [0.3, 0.4) is 0 Å². The van der Waals surface area contributed by atoms with Crippen molar-refractivity contribution in [3.63, 3.8) is 0 Å². The van der Waals surface area contributed by atoms with Crippen molar-refractivity contribution in [2.75, 3.05) is 12.8 Å². The first-order valence-corrected chi connectivity index (χ1v) is 10.6. The molecule has 7 heteroatoms. The van der Waals surface area contributed by atoms with E-state index < -0.39 is 10.0 Å². The summed E-state index contributed by atoms with van der Waals surface area (Å²) in [7, 11) is -1.87. The van der Waals surface area contributed by atoms with Crippen LogP contribution in [0.5, 0.6) is 0 Å². The number of amides is 1. The average Bonchev–Trinajstić information content (AvgIpc) is 2.62. The largest absolute Gasteiger partial charge is 0.352 e. The smallest absolute Gasteiger partial charge is 0.221 e. The van der Waals surface area contributed by atoms with E-state index in [1.54, 1.807) is 23.9 Å². The molecule has 25 heavy (non-hydrogen) atoms. The number of carbonyl (C=O) groups is 1. The summed E-state index contributed by atoms with van der Waals surface area (Å²) in [6, 6.07) is 17.2. The van der Waals surface area contributed by atoms with E-state index in [1.807, 2.05) is 42.5 Å². The highest BCUT2D eigenvalue weighted by molar-refractivity contribution is 7.99. The molecule has 2 aromatic carbocycles.